The number of aliphatic hydroxyl groups excluding tert-OH is 1. The third-order valence-electron chi connectivity index (χ3n) is 6.22. The van der Waals surface area contributed by atoms with E-state index in [9.17, 15) is 32.7 Å². The molecular weight excluding hydrogens is 543 g/mol. The van der Waals surface area contributed by atoms with E-state index >= 15 is 0 Å². The second-order valence-corrected chi connectivity index (χ2v) is 9.23. The summed E-state index contributed by atoms with van der Waals surface area (Å²) < 4.78 is 39.1. The highest BCUT2D eigenvalue weighted by atomic mass is 19.4. The number of carbonyl (C=O) groups is 3. The number of amides is 3. The Balaban J connectivity index is 1.83. The first-order chi connectivity index (χ1) is 19.4. The molecule has 0 aliphatic heterocycles. The van der Waals surface area contributed by atoms with Gasteiger partial charge in [0.25, 0.3) is 0 Å². The molecule has 0 spiro atoms. The van der Waals surface area contributed by atoms with Crippen LogP contribution in [0.25, 0.3) is 10.9 Å². The maximum Gasteiger partial charge on any atom is 0.416 e. The van der Waals surface area contributed by atoms with Gasteiger partial charge < -0.3 is 37.8 Å². The van der Waals surface area contributed by atoms with Crippen molar-refractivity contribution in [3.05, 3.63) is 71.9 Å². The Bertz CT molecular complexity index is 1350. The Morgan fingerprint density at radius 2 is 1.61 bits per heavy atom. The molecule has 3 rings (SSSR count). The number of alkyl halides is 3. The topological polar surface area (TPSA) is 190 Å². The summed E-state index contributed by atoms with van der Waals surface area (Å²) >= 11 is 0. The molecule has 3 amide bonds. The van der Waals surface area contributed by atoms with Crippen molar-refractivity contribution in [3.63, 3.8) is 0 Å². The number of nitrogens with one attached hydrogen (secondary N) is 2. The summed E-state index contributed by atoms with van der Waals surface area (Å²) in [6, 6.07) is 9.10. The van der Waals surface area contributed by atoms with E-state index in [1.807, 2.05) is 0 Å². The standard InChI is InChI=1S/C27H32F3N7O4/c28-27(29,30)18-7-5-16(6-8-18)24(39)23(26(41)35-19-13-17-3-1-2-4-21(17)34-15-19)36-25(40)20(33)14-22(38)37(11-9-31)12-10-32/h1-8,13,15,20,23-24,39H,9-12,14,31-33H2,(H,35,41)(H,36,40). The van der Waals surface area contributed by atoms with Gasteiger partial charge in [0, 0.05) is 31.6 Å². The van der Waals surface area contributed by atoms with Crippen molar-refractivity contribution < 1.29 is 32.7 Å². The summed E-state index contributed by atoms with van der Waals surface area (Å²) in [6.45, 7) is 0.723. The first-order valence-electron chi connectivity index (χ1n) is 12.7. The number of nitrogens with two attached hydrogens (primary N) is 3. The zero-order chi connectivity index (χ0) is 30.2. The number of hydrogen-bond donors (Lipinski definition) is 6. The third kappa shape index (κ3) is 8.44. The lowest BCUT2D eigenvalue weighted by Gasteiger charge is -2.26. The number of aliphatic hydroxyl groups is 1. The Kier molecular flexibility index (Phi) is 10.7. The average molecular weight is 576 g/mol. The zero-order valence-electron chi connectivity index (χ0n) is 22.0. The van der Waals surface area contributed by atoms with Gasteiger partial charge in [-0.3, -0.25) is 19.4 Å². The summed E-state index contributed by atoms with van der Waals surface area (Å²) in [5.74, 6) is -2.33. The SMILES string of the molecule is NCCN(CCN)C(=O)CC(N)C(=O)NC(C(=O)Nc1cnc2ccccc2c1)C(O)c1ccc(C(F)(F)F)cc1. The van der Waals surface area contributed by atoms with E-state index in [0.717, 1.165) is 24.3 Å². The van der Waals surface area contributed by atoms with Gasteiger partial charge in [-0.2, -0.15) is 13.2 Å². The van der Waals surface area contributed by atoms with Crippen molar-refractivity contribution in [1.82, 2.24) is 15.2 Å². The van der Waals surface area contributed by atoms with Crippen molar-refractivity contribution in [2.24, 2.45) is 17.2 Å². The highest BCUT2D eigenvalue weighted by molar-refractivity contribution is 6.00. The molecule has 3 unspecified atom stereocenters. The molecule has 0 bridgehead atoms. The van der Waals surface area contributed by atoms with Gasteiger partial charge in [0.2, 0.25) is 17.7 Å². The summed E-state index contributed by atoms with van der Waals surface area (Å²) in [5, 5.41) is 16.6. The molecule has 1 heterocycles. The Morgan fingerprint density at radius 3 is 2.22 bits per heavy atom. The van der Waals surface area contributed by atoms with Crippen LogP contribution in [-0.2, 0) is 20.6 Å². The van der Waals surface area contributed by atoms with Gasteiger partial charge in [0.05, 0.1) is 35.4 Å². The van der Waals surface area contributed by atoms with E-state index in [1.54, 1.807) is 30.3 Å². The second-order valence-electron chi connectivity index (χ2n) is 9.23. The number of halogens is 3. The van der Waals surface area contributed by atoms with Gasteiger partial charge in [-0.25, -0.2) is 0 Å². The van der Waals surface area contributed by atoms with Gasteiger partial charge in [-0.05, 0) is 29.8 Å². The molecule has 220 valence electrons. The normalized spacial score (nSPS) is 13.7. The number of rotatable bonds is 12. The molecule has 0 aliphatic rings. The van der Waals surface area contributed by atoms with Crippen molar-refractivity contribution in [2.45, 2.75) is 30.8 Å². The minimum atomic E-state index is -4.61. The predicted octanol–water partition coefficient (Wildman–Crippen LogP) is 0.874. The molecule has 0 saturated carbocycles. The monoisotopic (exact) mass is 575 g/mol. The molecule has 11 nitrogen and oxygen atoms in total. The second kappa shape index (κ2) is 14.0. The zero-order valence-corrected chi connectivity index (χ0v) is 22.0. The van der Waals surface area contributed by atoms with E-state index < -0.39 is 54.1 Å². The summed E-state index contributed by atoms with van der Waals surface area (Å²) in [7, 11) is 0. The molecule has 0 fully saturated rings. The molecule has 3 atom stereocenters. The van der Waals surface area contributed by atoms with Crippen LogP contribution in [-0.4, -0.2) is 71.0 Å². The van der Waals surface area contributed by atoms with Crippen LogP contribution >= 0.6 is 0 Å². The number of aromatic nitrogens is 1. The summed E-state index contributed by atoms with van der Waals surface area (Å²) in [6.07, 6.45) is -5.45. The number of para-hydroxylation sites is 1. The molecule has 0 aliphatic carbocycles. The fourth-order valence-electron chi connectivity index (χ4n) is 4.05. The van der Waals surface area contributed by atoms with Crippen LogP contribution in [0.1, 0.15) is 23.7 Å². The molecule has 14 heteroatoms. The Hall–Kier alpha value is -4.11. The number of anilines is 1. The lowest BCUT2D eigenvalue weighted by atomic mass is 9.99. The lowest BCUT2D eigenvalue weighted by Crippen LogP contribution is -2.53. The summed E-state index contributed by atoms with van der Waals surface area (Å²) in [4.78, 5) is 44.5. The quantitative estimate of drug-likeness (QED) is 0.183. The largest absolute Gasteiger partial charge is 0.416 e. The fourth-order valence-corrected chi connectivity index (χ4v) is 4.05. The van der Waals surface area contributed by atoms with Crippen LogP contribution in [0.4, 0.5) is 18.9 Å². The molecule has 0 radical (unpaired) electrons. The van der Waals surface area contributed by atoms with Gasteiger partial charge >= 0.3 is 6.18 Å². The van der Waals surface area contributed by atoms with Crippen molar-refractivity contribution >= 4 is 34.3 Å². The van der Waals surface area contributed by atoms with Crippen molar-refractivity contribution in [1.29, 1.82) is 0 Å². The van der Waals surface area contributed by atoms with Gasteiger partial charge in [0.15, 0.2) is 0 Å². The van der Waals surface area contributed by atoms with Crippen LogP contribution in [0.15, 0.2) is 60.8 Å². The maximum atomic E-state index is 13.3. The van der Waals surface area contributed by atoms with E-state index in [-0.39, 0.29) is 37.4 Å². The minimum Gasteiger partial charge on any atom is -0.386 e. The highest BCUT2D eigenvalue weighted by Crippen LogP contribution is 2.30. The van der Waals surface area contributed by atoms with Crippen LogP contribution in [0.2, 0.25) is 0 Å². The van der Waals surface area contributed by atoms with Crippen molar-refractivity contribution in [2.75, 3.05) is 31.5 Å². The van der Waals surface area contributed by atoms with Gasteiger partial charge in [-0.1, -0.05) is 30.3 Å². The summed E-state index contributed by atoms with van der Waals surface area (Å²) in [5.41, 5.74) is 16.9. The average Bonchev–Trinajstić information content (AvgIpc) is 2.94. The molecule has 0 saturated heterocycles. The Morgan fingerprint density at radius 1 is 0.976 bits per heavy atom. The number of fused-ring (bicyclic) bond motifs is 1. The maximum absolute atomic E-state index is 13.3. The third-order valence-corrected chi connectivity index (χ3v) is 6.22. The molecule has 3 aromatic rings. The molecule has 41 heavy (non-hydrogen) atoms. The fraction of sp³-hybridized carbons (Fsp3) is 0.333. The minimum absolute atomic E-state index is 0.0724. The van der Waals surface area contributed by atoms with E-state index in [4.69, 9.17) is 17.2 Å². The number of benzene rings is 2. The predicted molar refractivity (Wildman–Crippen MR) is 146 cm³/mol. The first kappa shape index (κ1) is 31.4. The van der Waals surface area contributed by atoms with Crippen LogP contribution in [0, 0.1) is 0 Å². The van der Waals surface area contributed by atoms with E-state index in [2.05, 4.69) is 15.6 Å². The van der Waals surface area contributed by atoms with Crippen LogP contribution in [0.3, 0.4) is 0 Å². The van der Waals surface area contributed by atoms with Gasteiger partial charge in [-0.15, -0.1) is 0 Å². The van der Waals surface area contributed by atoms with Gasteiger partial charge in [0.1, 0.15) is 12.1 Å². The highest BCUT2D eigenvalue weighted by Gasteiger charge is 2.34. The van der Waals surface area contributed by atoms with Crippen LogP contribution in [0.5, 0.6) is 0 Å². The molecule has 9 N–H and O–H groups in total. The lowest BCUT2D eigenvalue weighted by molar-refractivity contribution is -0.137. The number of hydrogen-bond acceptors (Lipinski definition) is 8. The Labute approximate surface area is 233 Å². The van der Waals surface area contributed by atoms with E-state index in [1.165, 1.54) is 11.1 Å². The smallest absolute Gasteiger partial charge is 0.386 e. The molecule has 1 aromatic heterocycles. The molecule has 2 aromatic carbocycles. The van der Waals surface area contributed by atoms with Crippen molar-refractivity contribution in [3.8, 4) is 0 Å². The number of nitrogens with zero attached hydrogens (tertiary/aromatic N) is 2. The van der Waals surface area contributed by atoms with Crippen LogP contribution < -0.4 is 27.8 Å². The number of pyridine rings is 1. The first-order valence-corrected chi connectivity index (χ1v) is 12.7. The van der Waals surface area contributed by atoms with E-state index in [0.29, 0.717) is 10.9 Å². The number of carbonyl (C=O) groups excluding carboxylic acids is 3. The molecular formula is C27H32F3N7O4.